The van der Waals surface area contributed by atoms with Crippen LogP contribution in [0.4, 0.5) is 5.82 Å². The summed E-state index contributed by atoms with van der Waals surface area (Å²) in [6.07, 6.45) is 1.67. The Balaban J connectivity index is 3.04. The number of aromatic nitrogens is 1. The number of anilines is 1. The van der Waals surface area contributed by atoms with Crippen molar-refractivity contribution in [1.29, 1.82) is 0 Å². The first-order chi connectivity index (χ1) is 4.74. The van der Waals surface area contributed by atoms with Gasteiger partial charge >= 0.3 is 0 Å². The fourth-order valence-corrected chi connectivity index (χ4v) is 0.996. The molecule has 0 aliphatic carbocycles. The lowest BCUT2D eigenvalue weighted by Crippen LogP contribution is -1.99. The molecule has 10 heavy (non-hydrogen) atoms. The van der Waals surface area contributed by atoms with E-state index in [1.165, 1.54) is 0 Å². The molecule has 0 bridgehead atoms. The van der Waals surface area contributed by atoms with E-state index in [-0.39, 0.29) is 0 Å². The van der Waals surface area contributed by atoms with Crippen molar-refractivity contribution in [2.24, 2.45) is 5.73 Å². The first-order valence-corrected chi connectivity index (χ1v) is 3.63. The van der Waals surface area contributed by atoms with E-state index in [4.69, 9.17) is 11.5 Å². The molecule has 4 heteroatoms. The number of nitrogens with zero attached hydrogens (tertiary/aromatic N) is 1. The van der Waals surface area contributed by atoms with Crippen molar-refractivity contribution in [3.8, 4) is 0 Å². The lowest BCUT2D eigenvalue weighted by atomic mass is 10.3. The lowest BCUT2D eigenvalue weighted by Gasteiger charge is -1.98. The molecule has 0 saturated carbocycles. The van der Waals surface area contributed by atoms with Gasteiger partial charge in [-0.1, -0.05) is 0 Å². The zero-order valence-corrected chi connectivity index (χ0v) is 6.93. The van der Waals surface area contributed by atoms with Crippen molar-refractivity contribution < 1.29 is 0 Å². The number of nitrogens with two attached hydrogens (primary N) is 2. The topological polar surface area (TPSA) is 64.9 Å². The van der Waals surface area contributed by atoms with Crippen molar-refractivity contribution in [2.45, 2.75) is 6.54 Å². The molecule has 0 aromatic carbocycles. The standard InChI is InChI=1S/C6H8BrN3/c7-5-1-4(2-8)3-10-6(5)9/h1,3H,2,8H2,(H2,9,10). The van der Waals surface area contributed by atoms with Gasteiger partial charge in [0.15, 0.2) is 0 Å². The quantitative estimate of drug-likeness (QED) is 0.710. The summed E-state index contributed by atoms with van der Waals surface area (Å²) in [7, 11) is 0. The maximum atomic E-state index is 5.44. The highest BCUT2D eigenvalue weighted by Crippen LogP contribution is 2.16. The van der Waals surface area contributed by atoms with Gasteiger partial charge in [-0.25, -0.2) is 4.98 Å². The van der Waals surface area contributed by atoms with Gasteiger partial charge in [-0.05, 0) is 27.6 Å². The molecule has 0 atom stereocenters. The molecule has 0 fully saturated rings. The number of nitrogen functional groups attached to an aromatic ring is 1. The van der Waals surface area contributed by atoms with Crippen LogP contribution in [-0.2, 0) is 6.54 Å². The third-order valence-corrected chi connectivity index (χ3v) is 1.80. The lowest BCUT2D eigenvalue weighted by molar-refractivity contribution is 1.05. The first-order valence-electron chi connectivity index (χ1n) is 2.84. The Morgan fingerprint density at radius 2 is 2.30 bits per heavy atom. The van der Waals surface area contributed by atoms with E-state index in [1.807, 2.05) is 6.07 Å². The van der Waals surface area contributed by atoms with Gasteiger partial charge < -0.3 is 11.5 Å². The van der Waals surface area contributed by atoms with Gasteiger partial charge in [-0.2, -0.15) is 0 Å². The van der Waals surface area contributed by atoms with Crippen LogP contribution in [0.15, 0.2) is 16.7 Å². The van der Waals surface area contributed by atoms with E-state index >= 15 is 0 Å². The summed E-state index contributed by atoms with van der Waals surface area (Å²) >= 11 is 3.24. The monoisotopic (exact) mass is 201 g/mol. The molecule has 4 N–H and O–H groups in total. The average molecular weight is 202 g/mol. The molecule has 1 rings (SSSR count). The Hall–Kier alpha value is -0.610. The molecule has 0 spiro atoms. The zero-order valence-electron chi connectivity index (χ0n) is 5.34. The van der Waals surface area contributed by atoms with Crippen LogP contribution in [-0.4, -0.2) is 4.98 Å². The third kappa shape index (κ3) is 1.46. The van der Waals surface area contributed by atoms with Crippen LogP contribution in [0.3, 0.4) is 0 Å². The third-order valence-electron chi connectivity index (χ3n) is 1.16. The highest BCUT2D eigenvalue weighted by Gasteiger charge is 1.96. The van der Waals surface area contributed by atoms with Gasteiger partial charge in [-0.15, -0.1) is 0 Å². The molecule has 1 aromatic heterocycles. The smallest absolute Gasteiger partial charge is 0.137 e. The molecular formula is C6H8BrN3. The Morgan fingerprint density at radius 1 is 1.60 bits per heavy atom. The normalized spacial score (nSPS) is 9.80. The minimum atomic E-state index is 0.492. The van der Waals surface area contributed by atoms with Crippen LogP contribution in [0.2, 0.25) is 0 Å². The van der Waals surface area contributed by atoms with Crippen molar-refractivity contribution in [2.75, 3.05) is 5.73 Å². The second-order valence-corrected chi connectivity index (χ2v) is 2.77. The van der Waals surface area contributed by atoms with Crippen LogP contribution < -0.4 is 11.5 Å². The van der Waals surface area contributed by atoms with E-state index in [2.05, 4.69) is 20.9 Å². The molecule has 0 saturated heterocycles. The Morgan fingerprint density at radius 3 is 2.80 bits per heavy atom. The Kier molecular flexibility index (Phi) is 2.24. The van der Waals surface area contributed by atoms with E-state index < -0.39 is 0 Å². The van der Waals surface area contributed by atoms with Crippen molar-refractivity contribution in [3.05, 3.63) is 22.3 Å². The van der Waals surface area contributed by atoms with Crippen molar-refractivity contribution >= 4 is 21.7 Å². The fraction of sp³-hybridized carbons (Fsp3) is 0.167. The van der Waals surface area contributed by atoms with E-state index in [0.29, 0.717) is 12.4 Å². The van der Waals surface area contributed by atoms with Gasteiger partial charge in [0.1, 0.15) is 5.82 Å². The van der Waals surface area contributed by atoms with Gasteiger partial charge in [0.25, 0.3) is 0 Å². The highest BCUT2D eigenvalue weighted by molar-refractivity contribution is 9.10. The van der Waals surface area contributed by atoms with Gasteiger partial charge in [0, 0.05) is 12.7 Å². The van der Waals surface area contributed by atoms with Crippen LogP contribution in [0, 0.1) is 0 Å². The summed E-state index contributed by atoms with van der Waals surface area (Å²) in [4.78, 5) is 3.90. The van der Waals surface area contributed by atoms with E-state index in [0.717, 1.165) is 10.0 Å². The summed E-state index contributed by atoms with van der Waals surface area (Å²) in [5, 5.41) is 0. The number of halogens is 1. The first kappa shape index (κ1) is 7.50. The van der Waals surface area contributed by atoms with Crippen LogP contribution in [0.1, 0.15) is 5.56 Å². The summed E-state index contributed by atoms with van der Waals surface area (Å²) in [6.45, 7) is 0.492. The number of pyridine rings is 1. The summed E-state index contributed by atoms with van der Waals surface area (Å²) < 4.78 is 0.801. The van der Waals surface area contributed by atoms with E-state index in [1.54, 1.807) is 6.20 Å². The minimum Gasteiger partial charge on any atom is -0.383 e. The van der Waals surface area contributed by atoms with Gasteiger partial charge in [0.05, 0.1) is 4.47 Å². The maximum Gasteiger partial charge on any atom is 0.137 e. The molecule has 1 aromatic rings. The predicted molar refractivity (Wildman–Crippen MR) is 44.2 cm³/mol. The minimum absolute atomic E-state index is 0.492. The molecule has 0 amide bonds. The molecule has 0 unspecified atom stereocenters. The predicted octanol–water partition coefficient (Wildman–Crippen LogP) is 0.885. The zero-order chi connectivity index (χ0) is 7.56. The molecule has 0 aliphatic rings. The second-order valence-electron chi connectivity index (χ2n) is 1.91. The van der Waals surface area contributed by atoms with Crippen LogP contribution in [0.25, 0.3) is 0 Å². The fourth-order valence-electron chi connectivity index (χ4n) is 0.600. The Bertz CT molecular complexity index is 236. The number of hydrogen-bond donors (Lipinski definition) is 2. The maximum absolute atomic E-state index is 5.44. The van der Waals surface area contributed by atoms with Gasteiger partial charge in [-0.3, -0.25) is 0 Å². The summed E-state index contributed by atoms with van der Waals surface area (Å²) in [5.74, 6) is 0.497. The molecule has 3 nitrogen and oxygen atoms in total. The molecule has 0 radical (unpaired) electrons. The summed E-state index contributed by atoms with van der Waals surface area (Å²) in [5.41, 5.74) is 11.8. The highest BCUT2D eigenvalue weighted by atomic mass is 79.9. The second kappa shape index (κ2) is 2.98. The Labute approximate surface area is 67.6 Å². The van der Waals surface area contributed by atoms with Crippen molar-refractivity contribution in [3.63, 3.8) is 0 Å². The number of rotatable bonds is 1. The van der Waals surface area contributed by atoms with Crippen LogP contribution in [0.5, 0.6) is 0 Å². The molecule has 54 valence electrons. The van der Waals surface area contributed by atoms with Crippen molar-refractivity contribution in [1.82, 2.24) is 4.98 Å². The van der Waals surface area contributed by atoms with E-state index in [9.17, 15) is 0 Å². The average Bonchev–Trinajstić information content (AvgIpc) is 1.95. The summed E-state index contributed by atoms with van der Waals surface area (Å²) in [6, 6.07) is 1.86. The van der Waals surface area contributed by atoms with Gasteiger partial charge in [0.2, 0.25) is 0 Å². The number of hydrogen-bond acceptors (Lipinski definition) is 3. The largest absolute Gasteiger partial charge is 0.383 e. The molecule has 1 heterocycles. The molecule has 0 aliphatic heterocycles. The SMILES string of the molecule is NCc1cnc(N)c(Br)c1. The molecular weight excluding hydrogens is 194 g/mol. The van der Waals surface area contributed by atoms with Crippen LogP contribution >= 0.6 is 15.9 Å².